The molecule has 0 aromatic heterocycles. The third-order valence-electron chi connectivity index (χ3n) is 1.24. The van der Waals surface area contributed by atoms with Crippen LogP contribution in [-0.2, 0) is 16.3 Å². The minimum atomic E-state index is -2.06. The van der Waals surface area contributed by atoms with Crippen molar-refractivity contribution in [2.45, 2.75) is 39.0 Å². The van der Waals surface area contributed by atoms with Crippen molar-refractivity contribution >= 4 is 35.1 Å². The van der Waals surface area contributed by atoms with Crippen LogP contribution in [-0.4, -0.2) is 24.2 Å². The Morgan fingerprint density at radius 2 is 2.12 bits per heavy atom. The monoisotopic (exact) mass is 280 g/mol. The van der Waals surface area contributed by atoms with E-state index in [9.17, 15) is 0 Å². The predicted molar refractivity (Wildman–Crippen MR) is 79.9 cm³/mol. The lowest BCUT2D eigenvalue weighted by atomic mass is 10.5. The molecule has 0 aliphatic rings. The molecule has 0 bridgehead atoms. The number of rotatable bonds is 8. The average molecular weight is 280 g/mol. The molecule has 0 amide bonds. The van der Waals surface area contributed by atoms with E-state index in [1.807, 2.05) is 13.8 Å². The Bertz CT molecular complexity index is 266. The Morgan fingerprint density at radius 1 is 1.50 bits per heavy atom. The van der Waals surface area contributed by atoms with Crippen LogP contribution in [0.5, 0.6) is 0 Å². The van der Waals surface area contributed by atoms with E-state index in [4.69, 9.17) is 16.3 Å². The van der Waals surface area contributed by atoms with Crippen LogP contribution < -0.4 is 5.09 Å². The van der Waals surface area contributed by atoms with Gasteiger partial charge in [0, 0.05) is 5.25 Å². The van der Waals surface area contributed by atoms with Gasteiger partial charge in [0.1, 0.15) is 0 Å². The molecule has 6 heteroatoms. The van der Waals surface area contributed by atoms with Crippen LogP contribution >= 0.6 is 17.0 Å². The van der Waals surface area contributed by atoms with Gasteiger partial charge in [0.15, 0.2) is 0 Å². The lowest BCUT2D eigenvalue weighted by Gasteiger charge is -2.24. The van der Waals surface area contributed by atoms with E-state index in [0.29, 0.717) is 11.8 Å². The summed E-state index contributed by atoms with van der Waals surface area (Å²) < 4.78 is 5.79. The second kappa shape index (κ2) is 8.29. The first-order valence-corrected chi connectivity index (χ1v) is 9.44. The molecule has 0 aromatic carbocycles. The standard InChI is InChI=1S/C10H21N2OPS2/c1-6-7-11-8-12-14(15,13-9(2)3)16-10(4)5/h6,8-10H,1,7H2,2-5H3,(H,11,12,15). The highest BCUT2D eigenvalue weighted by atomic mass is 32.9. The molecule has 0 spiro atoms. The summed E-state index contributed by atoms with van der Waals surface area (Å²) in [6.07, 6.45) is 3.50. The van der Waals surface area contributed by atoms with Gasteiger partial charge in [-0.3, -0.25) is 4.99 Å². The summed E-state index contributed by atoms with van der Waals surface area (Å²) in [7, 11) is 0. The van der Waals surface area contributed by atoms with Crippen molar-refractivity contribution in [3.63, 3.8) is 0 Å². The molecule has 3 nitrogen and oxygen atoms in total. The van der Waals surface area contributed by atoms with E-state index < -0.39 is 5.62 Å². The summed E-state index contributed by atoms with van der Waals surface area (Å²) >= 11 is 7.19. The molecule has 0 saturated carbocycles. The van der Waals surface area contributed by atoms with Crippen LogP contribution in [0.4, 0.5) is 0 Å². The number of hydrogen-bond donors (Lipinski definition) is 1. The van der Waals surface area contributed by atoms with Gasteiger partial charge in [-0.25, -0.2) is 0 Å². The highest BCUT2D eigenvalue weighted by molar-refractivity contribution is 8.69. The summed E-state index contributed by atoms with van der Waals surface area (Å²) in [5, 5.41) is 3.56. The minimum Gasteiger partial charge on any atom is -0.324 e. The zero-order valence-corrected chi connectivity index (χ0v) is 12.9. The molecule has 1 unspecified atom stereocenters. The molecule has 1 atom stereocenters. The smallest absolute Gasteiger partial charge is 0.211 e. The SMILES string of the molecule is C=CCN=CNP(=S)(OC(C)C)SC(C)C. The van der Waals surface area contributed by atoms with Crippen LogP contribution in [0.15, 0.2) is 17.6 Å². The maximum absolute atomic E-state index is 5.79. The van der Waals surface area contributed by atoms with Crippen molar-refractivity contribution in [1.82, 2.24) is 5.09 Å². The first kappa shape index (κ1) is 16.2. The highest BCUT2D eigenvalue weighted by Gasteiger charge is 2.20. The average Bonchev–Trinajstić information content (AvgIpc) is 2.09. The Kier molecular flexibility index (Phi) is 8.38. The summed E-state index contributed by atoms with van der Waals surface area (Å²) in [5.41, 5.74) is -2.06. The van der Waals surface area contributed by atoms with E-state index in [0.717, 1.165) is 0 Å². The molecule has 0 aliphatic carbocycles. The maximum atomic E-state index is 5.79. The van der Waals surface area contributed by atoms with E-state index in [-0.39, 0.29) is 6.10 Å². The molecule has 0 saturated heterocycles. The summed E-state index contributed by atoms with van der Waals surface area (Å²) in [6, 6.07) is 0. The Balaban J connectivity index is 4.41. The van der Waals surface area contributed by atoms with Crippen LogP contribution in [0, 0.1) is 0 Å². The van der Waals surface area contributed by atoms with Gasteiger partial charge in [0.2, 0.25) is 5.62 Å². The summed E-state index contributed by atoms with van der Waals surface area (Å²) in [5.74, 6) is 0. The van der Waals surface area contributed by atoms with E-state index in [2.05, 4.69) is 30.5 Å². The topological polar surface area (TPSA) is 33.6 Å². The van der Waals surface area contributed by atoms with E-state index >= 15 is 0 Å². The largest absolute Gasteiger partial charge is 0.324 e. The lowest BCUT2D eigenvalue weighted by molar-refractivity contribution is 0.274. The molecule has 0 aliphatic heterocycles. The van der Waals surface area contributed by atoms with Crippen molar-refractivity contribution in [3.05, 3.63) is 12.7 Å². The molecular weight excluding hydrogens is 259 g/mol. The van der Waals surface area contributed by atoms with Gasteiger partial charge in [-0.2, -0.15) is 0 Å². The molecule has 94 valence electrons. The van der Waals surface area contributed by atoms with Crippen LogP contribution in [0.25, 0.3) is 0 Å². The normalized spacial score (nSPS) is 15.6. The quantitative estimate of drug-likeness (QED) is 0.319. The second-order valence-electron chi connectivity index (χ2n) is 3.72. The van der Waals surface area contributed by atoms with Gasteiger partial charge >= 0.3 is 0 Å². The molecular formula is C10H21N2OPS2. The lowest BCUT2D eigenvalue weighted by Crippen LogP contribution is -2.13. The predicted octanol–water partition coefficient (Wildman–Crippen LogP) is 3.58. The van der Waals surface area contributed by atoms with Crippen LogP contribution in [0.1, 0.15) is 27.7 Å². The zero-order valence-electron chi connectivity index (χ0n) is 10.3. The third kappa shape index (κ3) is 8.34. The zero-order chi connectivity index (χ0) is 12.6. The van der Waals surface area contributed by atoms with Crippen molar-refractivity contribution in [1.29, 1.82) is 0 Å². The molecule has 1 N–H and O–H groups in total. The Hall–Kier alpha value is 0.170. The van der Waals surface area contributed by atoms with Crippen LogP contribution in [0.3, 0.4) is 0 Å². The molecule has 0 fully saturated rings. The minimum absolute atomic E-state index is 0.123. The van der Waals surface area contributed by atoms with Gasteiger partial charge in [0.05, 0.1) is 19.0 Å². The summed E-state index contributed by atoms with van der Waals surface area (Å²) in [6.45, 7) is 12.4. The van der Waals surface area contributed by atoms with E-state index in [1.165, 1.54) is 0 Å². The van der Waals surface area contributed by atoms with Crippen molar-refractivity contribution < 1.29 is 4.52 Å². The van der Waals surface area contributed by atoms with Gasteiger partial charge in [-0.05, 0) is 25.7 Å². The molecule has 16 heavy (non-hydrogen) atoms. The van der Waals surface area contributed by atoms with Crippen molar-refractivity contribution in [3.8, 4) is 0 Å². The summed E-state index contributed by atoms with van der Waals surface area (Å²) in [4.78, 5) is 4.10. The van der Waals surface area contributed by atoms with Gasteiger partial charge in [-0.1, -0.05) is 31.3 Å². The molecule has 0 rings (SSSR count). The number of hydrogen-bond acceptors (Lipinski definition) is 4. The number of nitrogens with zero attached hydrogens (tertiary/aromatic N) is 1. The molecule has 0 aromatic rings. The van der Waals surface area contributed by atoms with E-state index in [1.54, 1.807) is 23.8 Å². The second-order valence-corrected chi connectivity index (χ2v) is 10.7. The van der Waals surface area contributed by atoms with Crippen LogP contribution in [0.2, 0.25) is 0 Å². The first-order valence-electron chi connectivity index (χ1n) is 5.23. The first-order chi connectivity index (χ1) is 7.39. The van der Waals surface area contributed by atoms with Gasteiger partial charge in [0.25, 0.3) is 0 Å². The highest BCUT2D eigenvalue weighted by Crippen LogP contribution is 2.58. The van der Waals surface area contributed by atoms with Crippen molar-refractivity contribution in [2.75, 3.05) is 6.54 Å². The number of nitrogens with one attached hydrogen (secondary N) is 1. The van der Waals surface area contributed by atoms with Gasteiger partial charge in [-0.15, -0.1) is 6.58 Å². The number of aliphatic imine (C=N–C) groups is 1. The Morgan fingerprint density at radius 3 is 2.56 bits per heavy atom. The molecule has 0 heterocycles. The fourth-order valence-corrected chi connectivity index (χ4v) is 7.25. The fraction of sp³-hybridized carbons (Fsp3) is 0.700. The Labute approximate surface area is 108 Å². The third-order valence-corrected chi connectivity index (χ3v) is 7.09. The van der Waals surface area contributed by atoms with Gasteiger partial charge < -0.3 is 9.61 Å². The molecule has 0 radical (unpaired) electrons. The maximum Gasteiger partial charge on any atom is 0.211 e. The fourth-order valence-electron chi connectivity index (χ4n) is 0.880. The van der Waals surface area contributed by atoms with Crippen molar-refractivity contribution in [2.24, 2.45) is 4.99 Å².